The molecule has 1 heterocycles. The summed E-state index contributed by atoms with van der Waals surface area (Å²) in [7, 11) is 3.43. The third kappa shape index (κ3) is 3.54. The number of hydrogen-bond acceptors (Lipinski definition) is 6. The van der Waals surface area contributed by atoms with Crippen molar-refractivity contribution in [2.45, 2.75) is 25.8 Å². The molecule has 0 amide bonds. The molecule has 1 aromatic heterocycles. The van der Waals surface area contributed by atoms with E-state index in [0.29, 0.717) is 6.61 Å². The van der Waals surface area contributed by atoms with Gasteiger partial charge in [0, 0.05) is 19.7 Å². The maximum absolute atomic E-state index is 9.27. The van der Waals surface area contributed by atoms with E-state index in [1.807, 2.05) is 7.05 Å². The van der Waals surface area contributed by atoms with E-state index in [0.717, 1.165) is 17.2 Å². The fourth-order valence-electron chi connectivity index (χ4n) is 1.79. The molecule has 0 aliphatic rings. The molecule has 0 aliphatic heterocycles. The summed E-state index contributed by atoms with van der Waals surface area (Å²) in [5.74, 6) is 1.81. The summed E-state index contributed by atoms with van der Waals surface area (Å²) >= 11 is 0. The summed E-state index contributed by atoms with van der Waals surface area (Å²) < 4.78 is 5.04. The van der Waals surface area contributed by atoms with Gasteiger partial charge in [0.2, 0.25) is 0 Å². The maximum Gasteiger partial charge on any atom is 0.135 e. The normalized spacial score (nSPS) is 12.6. The van der Waals surface area contributed by atoms with Crippen molar-refractivity contribution < 1.29 is 9.84 Å². The predicted molar refractivity (Wildman–Crippen MR) is 72.0 cm³/mol. The second-order valence-corrected chi connectivity index (χ2v) is 4.37. The van der Waals surface area contributed by atoms with Crippen molar-refractivity contribution in [3.8, 4) is 0 Å². The molecule has 1 atom stereocenters. The minimum atomic E-state index is -0.174. The highest BCUT2D eigenvalue weighted by Crippen LogP contribution is 2.28. The second kappa shape index (κ2) is 7.13. The summed E-state index contributed by atoms with van der Waals surface area (Å²) in [4.78, 5) is 8.45. The van der Waals surface area contributed by atoms with Gasteiger partial charge in [-0.05, 0) is 5.92 Å². The average Bonchev–Trinajstić information content (AvgIpc) is 2.37. The van der Waals surface area contributed by atoms with Crippen LogP contribution in [0.25, 0.3) is 0 Å². The molecular formula is C12H22N4O2. The summed E-state index contributed by atoms with van der Waals surface area (Å²) in [6, 6.07) is -0.174. The Labute approximate surface area is 108 Å². The lowest BCUT2D eigenvalue weighted by atomic mass is 10.0. The number of anilines is 2. The summed E-state index contributed by atoms with van der Waals surface area (Å²) in [5.41, 5.74) is 1.01. The lowest BCUT2D eigenvalue weighted by Gasteiger charge is -2.21. The van der Waals surface area contributed by atoms with Crippen LogP contribution in [-0.4, -0.2) is 48.5 Å². The molecular weight excluding hydrogens is 232 g/mol. The summed E-state index contributed by atoms with van der Waals surface area (Å²) in [6.07, 6.45) is 1.50. The maximum atomic E-state index is 9.27. The monoisotopic (exact) mass is 254 g/mol. The standard InChI is InChI=1S/C12H22N4O2/c1-8(2)10-11(13-3)14-7-15-12(10)16-9(5-17)6-18-4/h7-9,17H,5-6H2,1-4H3,(H2,13,14,15,16). The predicted octanol–water partition coefficient (Wildman–Crippen LogP) is 1.06. The Morgan fingerprint density at radius 1 is 1.33 bits per heavy atom. The van der Waals surface area contributed by atoms with Gasteiger partial charge in [-0.1, -0.05) is 13.8 Å². The third-order valence-electron chi connectivity index (χ3n) is 2.63. The number of methoxy groups -OCH3 is 1. The number of nitrogens with one attached hydrogen (secondary N) is 2. The Balaban J connectivity index is 3.00. The van der Waals surface area contributed by atoms with Crippen LogP contribution in [0.4, 0.5) is 11.6 Å². The number of nitrogens with zero attached hydrogens (tertiary/aromatic N) is 2. The Hall–Kier alpha value is -1.40. The van der Waals surface area contributed by atoms with E-state index >= 15 is 0 Å². The highest BCUT2D eigenvalue weighted by molar-refractivity contribution is 5.59. The van der Waals surface area contributed by atoms with Gasteiger partial charge in [0.15, 0.2) is 0 Å². The molecule has 1 aromatic rings. The summed E-state index contributed by atoms with van der Waals surface area (Å²) in [5, 5.41) is 15.5. The number of rotatable bonds is 7. The Morgan fingerprint density at radius 3 is 2.50 bits per heavy atom. The summed E-state index contributed by atoms with van der Waals surface area (Å²) in [6.45, 7) is 4.57. The van der Waals surface area contributed by atoms with Crippen LogP contribution in [0, 0.1) is 0 Å². The minimum absolute atomic E-state index is 0.00966. The van der Waals surface area contributed by atoms with E-state index in [1.54, 1.807) is 7.11 Å². The van der Waals surface area contributed by atoms with Crippen molar-refractivity contribution in [1.82, 2.24) is 9.97 Å². The molecule has 3 N–H and O–H groups in total. The van der Waals surface area contributed by atoms with Gasteiger partial charge in [0.25, 0.3) is 0 Å². The minimum Gasteiger partial charge on any atom is -0.394 e. The van der Waals surface area contributed by atoms with Crippen molar-refractivity contribution in [3.63, 3.8) is 0 Å². The number of ether oxygens (including phenoxy) is 1. The van der Waals surface area contributed by atoms with Gasteiger partial charge in [-0.2, -0.15) is 0 Å². The van der Waals surface area contributed by atoms with Crippen molar-refractivity contribution in [3.05, 3.63) is 11.9 Å². The van der Waals surface area contributed by atoms with Crippen LogP contribution in [-0.2, 0) is 4.74 Å². The van der Waals surface area contributed by atoms with Gasteiger partial charge in [0.1, 0.15) is 18.0 Å². The topological polar surface area (TPSA) is 79.3 Å². The van der Waals surface area contributed by atoms with Crippen LogP contribution < -0.4 is 10.6 Å². The lowest BCUT2D eigenvalue weighted by molar-refractivity contribution is 0.153. The highest BCUT2D eigenvalue weighted by Gasteiger charge is 2.16. The van der Waals surface area contributed by atoms with Crippen LogP contribution in [0.3, 0.4) is 0 Å². The average molecular weight is 254 g/mol. The van der Waals surface area contributed by atoms with Crippen LogP contribution >= 0.6 is 0 Å². The Morgan fingerprint density at radius 2 is 2.00 bits per heavy atom. The van der Waals surface area contributed by atoms with Crippen LogP contribution in [0.15, 0.2) is 6.33 Å². The van der Waals surface area contributed by atoms with E-state index in [9.17, 15) is 5.11 Å². The van der Waals surface area contributed by atoms with Crippen LogP contribution in [0.2, 0.25) is 0 Å². The van der Waals surface area contributed by atoms with Crippen LogP contribution in [0.5, 0.6) is 0 Å². The molecule has 0 saturated carbocycles. The van der Waals surface area contributed by atoms with Crippen molar-refractivity contribution in [2.24, 2.45) is 0 Å². The van der Waals surface area contributed by atoms with Gasteiger partial charge in [0.05, 0.1) is 19.3 Å². The molecule has 102 valence electrons. The molecule has 6 nitrogen and oxygen atoms in total. The first-order valence-corrected chi connectivity index (χ1v) is 6.03. The van der Waals surface area contributed by atoms with Gasteiger partial charge in [-0.25, -0.2) is 9.97 Å². The van der Waals surface area contributed by atoms with E-state index in [4.69, 9.17) is 4.74 Å². The Kier molecular flexibility index (Phi) is 5.80. The zero-order valence-corrected chi connectivity index (χ0v) is 11.4. The number of aliphatic hydroxyl groups excluding tert-OH is 1. The molecule has 0 bridgehead atoms. The molecule has 0 saturated heterocycles. The van der Waals surface area contributed by atoms with E-state index in [-0.39, 0.29) is 18.6 Å². The smallest absolute Gasteiger partial charge is 0.135 e. The van der Waals surface area contributed by atoms with Crippen LogP contribution in [0.1, 0.15) is 25.3 Å². The molecule has 0 aliphatic carbocycles. The van der Waals surface area contributed by atoms with E-state index in [1.165, 1.54) is 6.33 Å². The van der Waals surface area contributed by atoms with Crippen molar-refractivity contribution in [2.75, 3.05) is 38.0 Å². The quantitative estimate of drug-likeness (QED) is 0.675. The molecule has 0 radical (unpaired) electrons. The molecule has 0 fully saturated rings. The molecule has 6 heteroatoms. The molecule has 18 heavy (non-hydrogen) atoms. The zero-order chi connectivity index (χ0) is 13.5. The van der Waals surface area contributed by atoms with Gasteiger partial charge >= 0.3 is 0 Å². The number of aliphatic hydroxyl groups is 1. The van der Waals surface area contributed by atoms with Crippen molar-refractivity contribution in [1.29, 1.82) is 0 Å². The first-order chi connectivity index (χ1) is 8.63. The molecule has 0 aromatic carbocycles. The molecule has 1 unspecified atom stereocenters. The third-order valence-corrected chi connectivity index (χ3v) is 2.63. The van der Waals surface area contributed by atoms with Crippen molar-refractivity contribution >= 4 is 11.6 Å². The largest absolute Gasteiger partial charge is 0.394 e. The second-order valence-electron chi connectivity index (χ2n) is 4.37. The number of hydrogen-bond donors (Lipinski definition) is 3. The van der Waals surface area contributed by atoms with Gasteiger partial charge in [-0.3, -0.25) is 0 Å². The first kappa shape index (κ1) is 14.7. The fourth-order valence-corrected chi connectivity index (χ4v) is 1.79. The highest BCUT2D eigenvalue weighted by atomic mass is 16.5. The van der Waals surface area contributed by atoms with Gasteiger partial charge in [-0.15, -0.1) is 0 Å². The Bertz CT molecular complexity index is 371. The molecule has 0 spiro atoms. The molecule has 1 rings (SSSR count). The first-order valence-electron chi connectivity index (χ1n) is 6.03. The zero-order valence-electron chi connectivity index (χ0n) is 11.4. The fraction of sp³-hybridized carbons (Fsp3) is 0.667. The van der Waals surface area contributed by atoms with E-state index in [2.05, 4.69) is 34.4 Å². The number of aromatic nitrogens is 2. The lowest BCUT2D eigenvalue weighted by Crippen LogP contribution is -2.30. The SMILES string of the molecule is CNc1ncnc(NC(CO)COC)c1C(C)C. The van der Waals surface area contributed by atoms with E-state index < -0.39 is 0 Å². The van der Waals surface area contributed by atoms with Gasteiger partial charge < -0.3 is 20.5 Å².